The number of halogens is 1. The van der Waals surface area contributed by atoms with Gasteiger partial charge in [0.2, 0.25) is 0 Å². The summed E-state index contributed by atoms with van der Waals surface area (Å²) in [4.78, 5) is 8.50. The minimum Gasteiger partial charge on any atom is -0.383 e. The van der Waals surface area contributed by atoms with Crippen molar-refractivity contribution >= 4 is 28.3 Å². The molecular weight excluding hydrogens is 226 g/mol. The fourth-order valence-electron chi connectivity index (χ4n) is 1.43. The standard InChI is InChI=1S/C11H12ClN3O/c1-2-16-6-10-14-9-4-3-7(12)5-8(9)11(13)15-10/h3-5H,2,6H2,1H3,(H2,13,14,15). The largest absolute Gasteiger partial charge is 0.383 e. The van der Waals surface area contributed by atoms with E-state index in [0.29, 0.717) is 29.9 Å². The first kappa shape index (κ1) is 11.1. The molecule has 0 aliphatic carbocycles. The number of hydrogen-bond donors (Lipinski definition) is 1. The van der Waals surface area contributed by atoms with Gasteiger partial charge in [-0.15, -0.1) is 0 Å². The van der Waals surface area contributed by atoms with Gasteiger partial charge in [-0.25, -0.2) is 9.97 Å². The van der Waals surface area contributed by atoms with Gasteiger partial charge in [-0.3, -0.25) is 0 Å². The Kier molecular flexibility index (Phi) is 3.22. The summed E-state index contributed by atoms with van der Waals surface area (Å²) in [7, 11) is 0. The van der Waals surface area contributed by atoms with Crippen molar-refractivity contribution in [3.63, 3.8) is 0 Å². The molecule has 2 N–H and O–H groups in total. The van der Waals surface area contributed by atoms with Crippen LogP contribution < -0.4 is 5.73 Å². The molecule has 0 aliphatic rings. The van der Waals surface area contributed by atoms with Crippen LogP contribution in [-0.4, -0.2) is 16.6 Å². The molecule has 0 saturated heterocycles. The van der Waals surface area contributed by atoms with E-state index in [1.165, 1.54) is 0 Å². The van der Waals surface area contributed by atoms with Crippen LogP contribution in [0.3, 0.4) is 0 Å². The van der Waals surface area contributed by atoms with Gasteiger partial charge < -0.3 is 10.5 Å². The van der Waals surface area contributed by atoms with E-state index in [4.69, 9.17) is 22.1 Å². The highest BCUT2D eigenvalue weighted by Crippen LogP contribution is 2.22. The molecule has 0 atom stereocenters. The summed E-state index contributed by atoms with van der Waals surface area (Å²) in [5, 5.41) is 1.40. The first-order valence-electron chi connectivity index (χ1n) is 5.00. The van der Waals surface area contributed by atoms with Crippen LogP contribution >= 0.6 is 11.6 Å². The number of rotatable bonds is 3. The molecule has 5 heteroatoms. The Balaban J connectivity index is 2.46. The monoisotopic (exact) mass is 237 g/mol. The van der Waals surface area contributed by atoms with E-state index < -0.39 is 0 Å². The number of aromatic nitrogens is 2. The predicted octanol–water partition coefficient (Wildman–Crippen LogP) is 2.40. The van der Waals surface area contributed by atoms with Crippen molar-refractivity contribution in [2.24, 2.45) is 0 Å². The number of hydrogen-bond acceptors (Lipinski definition) is 4. The first-order valence-corrected chi connectivity index (χ1v) is 5.38. The van der Waals surface area contributed by atoms with E-state index in [-0.39, 0.29) is 0 Å². The highest BCUT2D eigenvalue weighted by Gasteiger charge is 2.05. The molecule has 4 nitrogen and oxygen atoms in total. The summed E-state index contributed by atoms with van der Waals surface area (Å²) in [6.07, 6.45) is 0. The van der Waals surface area contributed by atoms with Crippen molar-refractivity contribution in [1.29, 1.82) is 0 Å². The minimum atomic E-state index is 0.374. The van der Waals surface area contributed by atoms with E-state index in [0.717, 1.165) is 10.9 Å². The number of ether oxygens (including phenoxy) is 1. The quantitative estimate of drug-likeness (QED) is 0.891. The molecule has 2 aromatic rings. The zero-order valence-electron chi connectivity index (χ0n) is 8.90. The Morgan fingerprint density at radius 2 is 2.19 bits per heavy atom. The van der Waals surface area contributed by atoms with Crippen molar-refractivity contribution in [3.05, 3.63) is 29.0 Å². The predicted molar refractivity (Wildman–Crippen MR) is 64.3 cm³/mol. The van der Waals surface area contributed by atoms with E-state index in [1.807, 2.05) is 13.0 Å². The number of nitrogens with two attached hydrogens (primary N) is 1. The highest BCUT2D eigenvalue weighted by molar-refractivity contribution is 6.31. The molecule has 84 valence electrons. The maximum Gasteiger partial charge on any atom is 0.157 e. The van der Waals surface area contributed by atoms with Crippen LogP contribution in [0.5, 0.6) is 0 Å². The fourth-order valence-corrected chi connectivity index (χ4v) is 1.60. The Morgan fingerprint density at radius 3 is 2.94 bits per heavy atom. The van der Waals surface area contributed by atoms with Gasteiger partial charge in [-0.05, 0) is 25.1 Å². The first-order chi connectivity index (χ1) is 7.70. The van der Waals surface area contributed by atoms with E-state index in [9.17, 15) is 0 Å². The smallest absolute Gasteiger partial charge is 0.157 e. The third-order valence-electron chi connectivity index (χ3n) is 2.17. The van der Waals surface area contributed by atoms with E-state index in [2.05, 4.69) is 9.97 Å². The van der Waals surface area contributed by atoms with Gasteiger partial charge in [-0.1, -0.05) is 11.6 Å². The summed E-state index contributed by atoms with van der Waals surface area (Å²) in [5.74, 6) is 1.02. The lowest BCUT2D eigenvalue weighted by molar-refractivity contribution is 0.128. The Hall–Kier alpha value is -1.39. The zero-order valence-corrected chi connectivity index (χ0v) is 9.66. The summed E-state index contributed by atoms with van der Waals surface area (Å²) in [6.45, 7) is 2.92. The van der Waals surface area contributed by atoms with Crippen LogP contribution in [0.25, 0.3) is 10.9 Å². The fraction of sp³-hybridized carbons (Fsp3) is 0.273. The molecule has 0 fully saturated rings. The van der Waals surface area contributed by atoms with Crippen LogP contribution in [0.4, 0.5) is 5.82 Å². The van der Waals surface area contributed by atoms with Gasteiger partial charge in [0.15, 0.2) is 5.82 Å². The third-order valence-corrected chi connectivity index (χ3v) is 2.40. The second-order valence-corrected chi connectivity index (χ2v) is 3.76. The van der Waals surface area contributed by atoms with Crippen LogP contribution in [-0.2, 0) is 11.3 Å². The Bertz CT molecular complexity index is 516. The molecule has 0 bridgehead atoms. The molecule has 0 saturated carbocycles. The van der Waals surface area contributed by atoms with E-state index >= 15 is 0 Å². The average Bonchev–Trinajstić information content (AvgIpc) is 2.27. The molecular formula is C11H12ClN3O. The zero-order chi connectivity index (χ0) is 11.5. The van der Waals surface area contributed by atoms with Crippen LogP contribution in [0, 0.1) is 0 Å². The third kappa shape index (κ3) is 2.23. The maximum atomic E-state index is 5.88. The second-order valence-electron chi connectivity index (χ2n) is 3.32. The number of fused-ring (bicyclic) bond motifs is 1. The SMILES string of the molecule is CCOCc1nc(N)c2cc(Cl)ccc2n1. The molecule has 0 aliphatic heterocycles. The van der Waals surface area contributed by atoms with Crippen molar-refractivity contribution in [2.45, 2.75) is 13.5 Å². The number of nitrogen functional groups attached to an aromatic ring is 1. The van der Waals surface area contributed by atoms with Gasteiger partial charge in [0, 0.05) is 17.0 Å². The van der Waals surface area contributed by atoms with Crippen molar-refractivity contribution in [2.75, 3.05) is 12.3 Å². The average molecular weight is 238 g/mol. The molecule has 2 rings (SSSR count). The molecule has 0 amide bonds. The maximum absolute atomic E-state index is 5.88. The lowest BCUT2D eigenvalue weighted by Gasteiger charge is -2.05. The van der Waals surface area contributed by atoms with E-state index in [1.54, 1.807) is 12.1 Å². The van der Waals surface area contributed by atoms with Gasteiger partial charge in [-0.2, -0.15) is 0 Å². The molecule has 1 heterocycles. The highest BCUT2D eigenvalue weighted by atomic mass is 35.5. The molecule has 1 aromatic carbocycles. The minimum absolute atomic E-state index is 0.374. The molecule has 0 spiro atoms. The van der Waals surface area contributed by atoms with Crippen LogP contribution in [0.2, 0.25) is 5.02 Å². The topological polar surface area (TPSA) is 61.0 Å². The summed E-state index contributed by atoms with van der Waals surface area (Å²) >= 11 is 5.88. The molecule has 0 unspecified atom stereocenters. The Morgan fingerprint density at radius 1 is 1.38 bits per heavy atom. The van der Waals surface area contributed by atoms with Crippen molar-refractivity contribution < 1.29 is 4.74 Å². The van der Waals surface area contributed by atoms with Crippen molar-refractivity contribution in [3.8, 4) is 0 Å². The van der Waals surface area contributed by atoms with Crippen LogP contribution in [0.15, 0.2) is 18.2 Å². The molecule has 16 heavy (non-hydrogen) atoms. The van der Waals surface area contributed by atoms with Crippen molar-refractivity contribution in [1.82, 2.24) is 9.97 Å². The lowest BCUT2D eigenvalue weighted by atomic mass is 10.2. The summed E-state index contributed by atoms with van der Waals surface area (Å²) in [5.41, 5.74) is 6.62. The lowest BCUT2D eigenvalue weighted by Crippen LogP contribution is -2.03. The number of benzene rings is 1. The van der Waals surface area contributed by atoms with Gasteiger partial charge in [0.1, 0.15) is 12.4 Å². The summed E-state index contributed by atoms with van der Waals surface area (Å²) in [6, 6.07) is 5.36. The molecule has 0 radical (unpaired) electrons. The molecule has 1 aromatic heterocycles. The second kappa shape index (κ2) is 4.63. The van der Waals surface area contributed by atoms with Crippen LogP contribution in [0.1, 0.15) is 12.7 Å². The number of anilines is 1. The van der Waals surface area contributed by atoms with Gasteiger partial charge in [0.05, 0.1) is 5.52 Å². The summed E-state index contributed by atoms with van der Waals surface area (Å²) < 4.78 is 5.24. The normalized spacial score (nSPS) is 10.9. The number of nitrogens with zero attached hydrogens (tertiary/aromatic N) is 2. The van der Waals surface area contributed by atoms with Gasteiger partial charge >= 0.3 is 0 Å². The van der Waals surface area contributed by atoms with Gasteiger partial charge in [0.25, 0.3) is 0 Å². The Labute approximate surface area is 98.4 Å².